The summed E-state index contributed by atoms with van der Waals surface area (Å²) in [4.78, 5) is 47.5. The molecule has 0 radical (unpaired) electrons. The van der Waals surface area contributed by atoms with E-state index in [4.69, 9.17) is 25.7 Å². The predicted molar refractivity (Wildman–Crippen MR) is 205 cm³/mol. The third-order valence-electron chi connectivity index (χ3n) is 8.92. The van der Waals surface area contributed by atoms with E-state index in [1.807, 2.05) is 30.0 Å². The molecule has 0 spiro atoms. The summed E-state index contributed by atoms with van der Waals surface area (Å²) in [7, 11) is 5.66. The molecule has 0 saturated carbocycles. The molecule has 3 aromatic carbocycles. The molecular weight excluding hydrogens is 662 g/mol. The molecule has 1 heterocycles. The van der Waals surface area contributed by atoms with Gasteiger partial charge < -0.3 is 46.1 Å². The van der Waals surface area contributed by atoms with Crippen LogP contribution in [0.3, 0.4) is 0 Å². The minimum Gasteiger partial charge on any atom is -0.495 e. The third-order valence-corrected chi connectivity index (χ3v) is 8.92. The number of hydrogen-bond donors (Lipinski definition) is 4. The zero-order chi connectivity index (χ0) is 37.5. The van der Waals surface area contributed by atoms with Gasteiger partial charge >= 0.3 is 0 Å². The molecule has 6 N–H and O–H groups in total. The van der Waals surface area contributed by atoms with Crippen LogP contribution in [0.25, 0.3) is 0 Å². The number of methoxy groups -OCH3 is 1. The Morgan fingerprint density at radius 3 is 2.23 bits per heavy atom. The number of para-hydroxylation sites is 1. The number of benzene rings is 3. The number of ether oxygens (including phenoxy) is 3. The van der Waals surface area contributed by atoms with Crippen LogP contribution in [0.2, 0.25) is 0 Å². The maximum absolute atomic E-state index is 13.4. The Bertz CT molecular complexity index is 1680. The normalized spacial score (nSPS) is 13.0. The van der Waals surface area contributed by atoms with E-state index in [0.29, 0.717) is 78.4 Å². The van der Waals surface area contributed by atoms with Gasteiger partial charge in [0, 0.05) is 44.1 Å². The van der Waals surface area contributed by atoms with Crippen molar-refractivity contribution in [1.82, 2.24) is 9.80 Å². The quantitative estimate of drug-likeness (QED) is 0.0799. The highest BCUT2D eigenvalue weighted by atomic mass is 16.5. The second kappa shape index (κ2) is 19.9. The fourth-order valence-electron chi connectivity index (χ4n) is 5.93. The van der Waals surface area contributed by atoms with Crippen LogP contribution in [-0.4, -0.2) is 93.6 Å². The summed E-state index contributed by atoms with van der Waals surface area (Å²) in [5.74, 6) is 0.784. The molecule has 0 atom stereocenters. The van der Waals surface area contributed by atoms with Crippen molar-refractivity contribution in [3.63, 3.8) is 0 Å². The molecule has 1 aliphatic rings. The molecule has 13 nitrogen and oxygen atoms in total. The third kappa shape index (κ3) is 11.9. The van der Waals surface area contributed by atoms with Gasteiger partial charge in [0.15, 0.2) is 5.96 Å². The second-order valence-electron chi connectivity index (χ2n) is 13.1. The van der Waals surface area contributed by atoms with Gasteiger partial charge in [-0.25, -0.2) is 0 Å². The number of rotatable bonds is 18. The van der Waals surface area contributed by atoms with Gasteiger partial charge in [-0.3, -0.25) is 19.4 Å². The van der Waals surface area contributed by atoms with Crippen LogP contribution in [0.15, 0.2) is 65.7 Å². The number of nitrogens with zero attached hydrogens (tertiary/aromatic N) is 3. The van der Waals surface area contributed by atoms with E-state index in [1.165, 1.54) is 7.11 Å². The zero-order valence-corrected chi connectivity index (χ0v) is 30.8. The van der Waals surface area contributed by atoms with Gasteiger partial charge in [0.25, 0.3) is 11.8 Å². The van der Waals surface area contributed by atoms with E-state index in [1.54, 1.807) is 42.5 Å². The monoisotopic (exact) mass is 715 g/mol. The molecule has 0 bridgehead atoms. The number of anilines is 2. The number of carbonyl (C=O) groups excluding carboxylic acids is 3. The van der Waals surface area contributed by atoms with Crippen molar-refractivity contribution in [1.29, 1.82) is 0 Å². The van der Waals surface area contributed by atoms with Crippen LogP contribution in [-0.2, 0) is 4.79 Å². The fraction of sp³-hybridized carbons (Fsp3) is 0.436. The largest absolute Gasteiger partial charge is 0.495 e. The number of piperidine rings is 1. The molecule has 0 unspecified atom stereocenters. The van der Waals surface area contributed by atoms with Crippen LogP contribution in [0, 0.1) is 6.92 Å². The second-order valence-corrected chi connectivity index (χ2v) is 13.1. The Morgan fingerprint density at radius 1 is 0.827 bits per heavy atom. The van der Waals surface area contributed by atoms with Gasteiger partial charge in [0.1, 0.15) is 17.2 Å². The molecule has 1 saturated heterocycles. The minimum atomic E-state index is -0.399. The topological polar surface area (TPSA) is 174 Å². The lowest BCUT2D eigenvalue weighted by Gasteiger charge is -2.35. The maximum Gasteiger partial charge on any atom is 0.259 e. The molecule has 1 fully saturated rings. The van der Waals surface area contributed by atoms with E-state index in [9.17, 15) is 14.4 Å². The highest BCUT2D eigenvalue weighted by molar-refractivity contribution is 6.08. The van der Waals surface area contributed by atoms with Crippen molar-refractivity contribution in [2.75, 3.05) is 64.7 Å². The van der Waals surface area contributed by atoms with Crippen LogP contribution < -0.4 is 36.3 Å². The molecule has 4 rings (SSSR count). The molecule has 3 amide bonds. The van der Waals surface area contributed by atoms with Crippen molar-refractivity contribution in [3.8, 4) is 17.2 Å². The first-order chi connectivity index (χ1) is 25.0. The number of amides is 3. The molecule has 0 aliphatic carbocycles. The number of nitrogens with one attached hydrogen (secondary N) is 2. The van der Waals surface area contributed by atoms with Crippen molar-refractivity contribution in [2.24, 2.45) is 16.5 Å². The van der Waals surface area contributed by atoms with E-state index >= 15 is 0 Å². The Kier molecular flexibility index (Phi) is 15.1. The average Bonchev–Trinajstić information content (AvgIpc) is 3.13. The van der Waals surface area contributed by atoms with Gasteiger partial charge in [-0.2, -0.15) is 0 Å². The van der Waals surface area contributed by atoms with Crippen molar-refractivity contribution >= 4 is 35.1 Å². The summed E-state index contributed by atoms with van der Waals surface area (Å²) < 4.78 is 17.5. The molecule has 1 aliphatic heterocycles. The maximum atomic E-state index is 13.4. The predicted octanol–water partition coefficient (Wildman–Crippen LogP) is 5.04. The van der Waals surface area contributed by atoms with Crippen molar-refractivity contribution in [3.05, 3.63) is 77.4 Å². The van der Waals surface area contributed by atoms with Gasteiger partial charge in [-0.15, -0.1) is 0 Å². The van der Waals surface area contributed by atoms with Gasteiger partial charge in [0.05, 0.1) is 37.3 Å². The Hall–Kier alpha value is -5.30. The molecule has 3 aromatic rings. The molecule has 13 heteroatoms. The van der Waals surface area contributed by atoms with E-state index < -0.39 is 5.91 Å². The lowest BCUT2D eigenvalue weighted by atomic mass is 10.0. The van der Waals surface area contributed by atoms with Crippen LogP contribution in [0.4, 0.5) is 11.4 Å². The lowest BCUT2D eigenvalue weighted by molar-refractivity contribution is -0.132. The Balaban J connectivity index is 1.28. The highest BCUT2D eigenvalue weighted by Crippen LogP contribution is 2.30. The molecule has 280 valence electrons. The standard InChI is InChI=1S/C39H53N7O6/c1-27-14-16-32(35(25-27)52-23-9-5-6-13-36(47)46-21-18-29(19-22-46)45(2)3)43-37(48)28-15-17-31(34(26-28)50-4)44-38(49)30-11-7-8-12-33(30)51-24-10-20-42-39(40)41/h7-8,11-12,14-17,25-26,29H,5-6,9-10,13,18-24H2,1-4H3,(H,43,48)(H,44,49)(H4,40,41,42). The first kappa shape index (κ1) is 39.5. The summed E-state index contributed by atoms with van der Waals surface area (Å²) >= 11 is 0. The number of guanidine groups is 1. The average molecular weight is 716 g/mol. The lowest BCUT2D eigenvalue weighted by Crippen LogP contribution is -2.44. The number of nitrogens with two attached hydrogens (primary N) is 2. The molecular formula is C39H53N7O6. The van der Waals surface area contributed by atoms with E-state index in [0.717, 1.165) is 50.8 Å². The van der Waals surface area contributed by atoms with E-state index in [2.05, 4.69) is 34.6 Å². The zero-order valence-electron chi connectivity index (χ0n) is 30.8. The van der Waals surface area contributed by atoms with Crippen LogP contribution >= 0.6 is 0 Å². The first-order valence-corrected chi connectivity index (χ1v) is 17.8. The summed E-state index contributed by atoms with van der Waals surface area (Å²) in [6, 6.07) is 17.9. The minimum absolute atomic E-state index is 0.0149. The van der Waals surface area contributed by atoms with Crippen molar-refractivity contribution in [2.45, 2.75) is 57.9 Å². The van der Waals surface area contributed by atoms with Gasteiger partial charge in [-0.1, -0.05) is 18.2 Å². The smallest absolute Gasteiger partial charge is 0.259 e. The summed E-state index contributed by atoms with van der Waals surface area (Å²) in [6.45, 7) is 4.81. The number of aryl methyl sites for hydroxylation is 1. The summed E-state index contributed by atoms with van der Waals surface area (Å²) in [5, 5.41) is 5.81. The molecule has 0 aromatic heterocycles. The van der Waals surface area contributed by atoms with E-state index in [-0.39, 0.29) is 17.8 Å². The number of likely N-dealkylation sites (tertiary alicyclic amines) is 1. The number of carbonyl (C=O) groups is 3. The van der Waals surface area contributed by atoms with Crippen LogP contribution in [0.1, 0.15) is 71.2 Å². The molecule has 52 heavy (non-hydrogen) atoms. The highest BCUT2D eigenvalue weighted by Gasteiger charge is 2.23. The van der Waals surface area contributed by atoms with Crippen molar-refractivity contribution < 1.29 is 28.6 Å². The van der Waals surface area contributed by atoms with Gasteiger partial charge in [-0.05, 0) is 101 Å². The van der Waals surface area contributed by atoms with Crippen LogP contribution in [0.5, 0.6) is 17.2 Å². The fourth-order valence-corrected chi connectivity index (χ4v) is 5.93. The number of hydrogen-bond acceptors (Lipinski definition) is 8. The SMILES string of the molecule is COc1cc(C(=O)Nc2ccc(C)cc2OCCCCCC(=O)N2CCC(N(C)C)CC2)ccc1NC(=O)c1ccccc1OCCCN=C(N)N. The summed E-state index contributed by atoms with van der Waals surface area (Å²) in [5.41, 5.74) is 13.3. The summed E-state index contributed by atoms with van der Waals surface area (Å²) in [6.07, 6.45) is 5.64. The Morgan fingerprint density at radius 2 is 1.50 bits per heavy atom. The Labute approximate surface area is 306 Å². The number of aliphatic imine (C=N–C) groups is 1. The first-order valence-electron chi connectivity index (χ1n) is 17.8. The number of unbranched alkanes of at least 4 members (excludes halogenated alkanes) is 2. The van der Waals surface area contributed by atoms with Gasteiger partial charge in [0.2, 0.25) is 5.91 Å².